The number of hydrogen-bond acceptors (Lipinski definition) is 4. The summed E-state index contributed by atoms with van der Waals surface area (Å²) in [6.07, 6.45) is 0. The third-order valence-corrected chi connectivity index (χ3v) is 5.27. The molecule has 1 amide bonds. The van der Waals surface area contributed by atoms with Crippen LogP contribution in [0, 0.1) is 0 Å². The molecule has 0 unspecified atom stereocenters. The second-order valence-electron chi connectivity index (χ2n) is 6.02. The number of amides is 1. The van der Waals surface area contributed by atoms with Crippen molar-refractivity contribution in [3.05, 3.63) is 52.5 Å². The van der Waals surface area contributed by atoms with Crippen LogP contribution >= 0.6 is 23.2 Å². The van der Waals surface area contributed by atoms with E-state index in [0.29, 0.717) is 28.8 Å². The van der Waals surface area contributed by atoms with Gasteiger partial charge in [-0.25, -0.2) is 0 Å². The van der Waals surface area contributed by atoms with Crippen molar-refractivity contribution in [1.82, 2.24) is 4.90 Å². The number of nitrogens with zero attached hydrogens (tertiary/aromatic N) is 2. The van der Waals surface area contributed by atoms with Crippen molar-refractivity contribution in [3.8, 4) is 5.75 Å². The Morgan fingerprint density at radius 3 is 2.42 bits per heavy atom. The van der Waals surface area contributed by atoms with Crippen molar-refractivity contribution < 1.29 is 9.53 Å². The number of carbonyl (C=O) groups is 1. The fourth-order valence-electron chi connectivity index (χ4n) is 2.93. The van der Waals surface area contributed by atoms with Crippen LogP contribution in [0.25, 0.3) is 0 Å². The Balaban J connectivity index is 1.51. The maximum absolute atomic E-state index is 12.4. The topological polar surface area (TPSA) is 44.8 Å². The van der Waals surface area contributed by atoms with Crippen molar-refractivity contribution in [3.63, 3.8) is 0 Å². The highest BCUT2D eigenvalue weighted by Crippen LogP contribution is 2.29. The molecule has 138 valence electrons. The van der Waals surface area contributed by atoms with E-state index in [1.165, 1.54) is 0 Å². The summed E-state index contributed by atoms with van der Waals surface area (Å²) in [6.45, 7) is 3.18. The van der Waals surface area contributed by atoms with E-state index >= 15 is 0 Å². The molecule has 7 heteroatoms. The van der Waals surface area contributed by atoms with Gasteiger partial charge in [-0.2, -0.15) is 0 Å². The molecule has 1 fully saturated rings. The van der Waals surface area contributed by atoms with Gasteiger partial charge in [-0.1, -0.05) is 29.3 Å². The Hall–Kier alpha value is -2.11. The van der Waals surface area contributed by atoms with E-state index in [0.717, 1.165) is 24.5 Å². The number of hydrogen-bond donors (Lipinski definition) is 1. The molecule has 0 spiro atoms. The molecule has 2 aromatic rings. The van der Waals surface area contributed by atoms with E-state index in [1.54, 1.807) is 19.2 Å². The van der Waals surface area contributed by atoms with Crippen molar-refractivity contribution in [1.29, 1.82) is 0 Å². The Morgan fingerprint density at radius 2 is 1.77 bits per heavy atom. The number of halogens is 2. The number of piperazine rings is 1. The lowest BCUT2D eigenvalue weighted by molar-refractivity contribution is -0.129. The number of anilines is 2. The van der Waals surface area contributed by atoms with Crippen molar-refractivity contribution >= 4 is 40.5 Å². The maximum Gasteiger partial charge on any atom is 0.241 e. The minimum atomic E-state index is 0.0513. The number of methoxy groups -OCH3 is 1. The third kappa shape index (κ3) is 4.34. The first-order chi connectivity index (χ1) is 12.6. The van der Waals surface area contributed by atoms with Gasteiger partial charge in [0.25, 0.3) is 0 Å². The smallest absolute Gasteiger partial charge is 0.241 e. The molecule has 1 aliphatic heterocycles. The molecular weight excluding hydrogens is 373 g/mol. The summed E-state index contributed by atoms with van der Waals surface area (Å²) >= 11 is 12.1. The van der Waals surface area contributed by atoms with Crippen LogP contribution in [0.15, 0.2) is 42.5 Å². The van der Waals surface area contributed by atoms with E-state index in [4.69, 9.17) is 27.9 Å². The van der Waals surface area contributed by atoms with Crippen LogP contribution in [0.3, 0.4) is 0 Å². The van der Waals surface area contributed by atoms with E-state index in [2.05, 4.69) is 10.2 Å². The number of carbonyl (C=O) groups excluding carboxylic acids is 1. The first kappa shape index (κ1) is 18.7. The monoisotopic (exact) mass is 393 g/mol. The molecule has 0 atom stereocenters. The van der Waals surface area contributed by atoms with Crippen LogP contribution in [0.1, 0.15) is 0 Å². The minimum Gasteiger partial charge on any atom is -0.497 e. The van der Waals surface area contributed by atoms with E-state index < -0.39 is 0 Å². The second kappa shape index (κ2) is 8.52. The molecule has 1 saturated heterocycles. The van der Waals surface area contributed by atoms with Crippen molar-refractivity contribution in [2.75, 3.05) is 50.1 Å². The molecule has 1 heterocycles. The van der Waals surface area contributed by atoms with Gasteiger partial charge in [0.1, 0.15) is 5.75 Å². The highest BCUT2D eigenvalue weighted by molar-refractivity contribution is 6.43. The summed E-state index contributed by atoms with van der Waals surface area (Å²) in [5, 5.41) is 3.98. The largest absolute Gasteiger partial charge is 0.497 e. The minimum absolute atomic E-state index is 0.0513. The summed E-state index contributed by atoms with van der Waals surface area (Å²) in [5.41, 5.74) is 1.81. The zero-order valence-electron chi connectivity index (χ0n) is 14.5. The lowest BCUT2D eigenvalue weighted by atomic mass is 10.2. The van der Waals surface area contributed by atoms with E-state index in [-0.39, 0.29) is 12.5 Å². The standard InChI is InChI=1S/C19H21Cl2N3O2/c1-26-15-7-5-14(6-8-15)23-9-11-24(12-10-23)18(25)13-22-17-4-2-3-16(20)19(17)21/h2-8,22H,9-13H2,1H3. The molecule has 2 aromatic carbocycles. The fourth-order valence-corrected chi connectivity index (χ4v) is 3.30. The highest BCUT2D eigenvalue weighted by atomic mass is 35.5. The predicted molar refractivity (Wildman–Crippen MR) is 107 cm³/mol. The Labute approximate surface area is 163 Å². The van der Waals surface area contributed by atoms with Crippen LogP contribution in [0.4, 0.5) is 11.4 Å². The number of rotatable bonds is 5. The van der Waals surface area contributed by atoms with E-state index in [1.807, 2.05) is 35.2 Å². The SMILES string of the molecule is COc1ccc(N2CCN(C(=O)CNc3cccc(Cl)c3Cl)CC2)cc1. The maximum atomic E-state index is 12.4. The summed E-state index contributed by atoms with van der Waals surface area (Å²) < 4.78 is 5.19. The number of ether oxygens (including phenoxy) is 1. The summed E-state index contributed by atoms with van der Waals surface area (Å²) in [7, 11) is 1.66. The number of benzene rings is 2. The second-order valence-corrected chi connectivity index (χ2v) is 6.81. The van der Waals surface area contributed by atoms with Crippen LogP contribution < -0.4 is 15.0 Å². The molecule has 5 nitrogen and oxygen atoms in total. The lowest BCUT2D eigenvalue weighted by Gasteiger charge is -2.36. The zero-order valence-corrected chi connectivity index (χ0v) is 16.1. The predicted octanol–water partition coefficient (Wildman–Crippen LogP) is 3.76. The summed E-state index contributed by atoms with van der Waals surface area (Å²) in [5.74, 6) is 0.892. The molecule has 0 radical (unpaired) electrons. The first-order valence-electron chi connectivity index (χ1n) is 8.43. The normalized spacial score (nSPS) is 14.3. The van der Waals surface area contributed by atoms with Crippen molar-refractivity contribution in [2.24, 2.45) is 0 Å². The fraction of sp³-hybridized carbons (Fsp3) is 0.316. The van der Waals surface area contributed by atoms with Gasteiger partial charge in [0.2, 0.25) is 5.91 Å². The molecule has 1 N–H and O–H groups in total. The summed E-state index contributed by atoms with van der Waals surface area (Å²) in [4.78, 5) is 16.6. The van der Waals surface area contributed by atoms with Crippen LogP contribution in [-0.4, -0.2) is 50.6 Å². The molecule has 0 bridgehead atoms. The molecule has 26 heavy (non-hydrogen) atoms. The van der Waals surface area contributed by atoms with Gasteiger partial charge in [-0.3, -0.25) is 4.79 Å². The Kier molecular flexibility index (Phi) is 6.12. The molecule has 1 aliphatic rings. The van der Waals surface area contributed by atoms with Gasteiger partial charge in [0.05, 0.1) is 29.4 Å². The molecule has 0 aliphatic carbocycles. The van der Waals surface area contributed by atoms with Gasteiger partial charge in [0, 0.05) is 31.9 Å². The Bertz CT molecular complexity index is 760. The molecule has 0 saturated carbocycles. The number of nitrogens with one attached hydrogen (secondary N) is 1. The highest BCUT2D eigenvalue weighted by Gasteiger charge is 2.21. The van der Waals surface area contributed by atoms with Gasteiger partial charge in [-0.05, 0) is 36.4 Å². The summed E-state index contributed by atoms with van der Waals surface area (Å²) in [6, 6.07) is 13.3. The van der Waals surface area contributed by atoms with Gasteiger partial charge in [-0.15, -0.1) is 0 Å². The van der Waals surface area contributed by atoms with Gasteiger partial charge in [0.15, 0.2) is 0 Å². The van der Waals surface area contributed by atoms with E-state index in [9.17, 15) is 4.79 Å². The molecule has 3 rings (SSSR count). The van der Waals surface area contributed by atoms with Crippen molar-refractivity contribution in [2.45, 2.75) is 0 Å². The van der Waals surface area contributed by atoms with Crippen LogP contribution in [0.5, 0.6) is 5.75 Å². The molecular formula is C19H21Cl2N3O2. The lowest BCUT2D eigenvalue weighted by Crippen LogP contribution is -2.50. The van der Waals surface area contributed by atoms with Gasteiger partial charge >= 0.3 is 0 Å². The zero-order chi connectivity index (χ0) is 18.5. The van der Waals surface area contributed by atoms with Crippen LogP contribution in [0.2, 0.25) is 10.0 Å². The average Bonchev–Trinajstić information content (AvgIpc) is 2.69. The van der Waals surface area contributed by atoms with Gasteiger partial charge < -0.3 is 19.9 Å². The Morgan fingerprint density at radius 1 is 1.08 bits per heavy atom. The average molecular weight is 394 g/mol. The third-order valence-electron chi connectivity index (χ3n) is 4.45. The van der Waals surface area contributed by atoms with Crippen LogP contribution in [-0.2, 0) is 4.79 Å². The molecule has 0 aromatic heterocycles. The quantitative estimate of drug-likeness (QED) is 0.839. The first-order valence-corrected chi connectivity index (χ1v) is 9.19.